The number of hydrogen-bond donors (Lipinski definition) is 0. The molecule has 0 N–H and O–H groups in total. The molecular weight excluding hydrogens is 233 g/mol. The maximum Gasteiger partial charge on any atom is 0.344 e. The summed E-state index contributed by atoms with van der Waals surface area (Å²) in [6.07, 6.45) is 5.76. The lowest BCUT2D eigenvalue weighted by atomic mass is 10.2. The summed E-state index contributed by atoms with van der Waals surface area (Å²) in [5.41, 5.74) is -0.896. The van der Waals surface area contributed by atoms with Gasteiger partial charge >= 0.3 is 5.97 Å². The smallest absolute Gasteiger partial charge is 0.344 e. The van der Waals surface area contributed by atoms with E-state index >= 15 is 0 Å². The van der Waals surface area contributed by atoms with Crippen LogP contribution in [0.3, 0.4) is 0 Å². The molecule has 0 amide bonds. The second-order valence-corrected chi connectivity index (χ2v) is 3.19. The van der Waals surface area contributed by atoms with Gasteiger partial charge in [-0.3, -0.25) is 0 Å². The molecular formula is C12H9F3O2. The van der Waals surface area contributed by atoms with E-state index in [0.29, 0.717) is 25.0 Å². The Labute approximate surface area is 96.4 Å². The third-order valence-corrected chi connectivity index (χ3v) is 1.91. The van der Waals surface area contributed by atoms with Gasteiger partial charge < -0.3 is 4.74 Å². The molecule has 17 heavy (non-hydrogen) atoms. The number of carbonyl (C=O) groups excluding carboxylic acids is 1. The number of halogens is 3. The van der Waals surface area contributed by atoms with Crippen LogP contribution in [-0.4, -0.2) is 12.6 Å². The van der Waals surface area contributed by atoms with Gasteiger partial charge in [0.15, 0.2) is 0 Å². The van der Waals surface area contributed by atoms with Crippen molar-refractivity contribution in [2.45, 2.75) is 12.8 Å². The lowest BCUT2D eigenvalue weighted by molar-refractivity contribution is 0.0490. The molecule has 90 valence electrons. The Kier molecular flexibility index (Phi) is 4.58. The largest absolute Gasteiger partial charge is 0.462 e. The standard InChI is InChI=1S/C12H9F3O2/c1-2-3-4-5-17-12(16)11-9(14)6-8(13)7-10(11)15/h1,6-7H,3-5H2. The molecule has 1 aromatic rings. The number of carbonyl (C=O) groups is 1. The van der Waals surface area contributed by atoms with Gasteiger partial charge in [0, 0.05) is 18.6 Å². The van der Waals surface area contributed by atoms with Crippen LogP contribution in [0.5, 0.6) is 0 Å². The van der Waals surface area contributed by atoms with E-state index < -0.39 is 29.0 Å². The molecule has 0 atom stereocenters. The molecule has 1 aromatic carbocycles. The van der Waals surface area contributed by atoms with Crippen molar-refractivity contribution in [3.05, 3.63) is 35.1 Å². The SMILES string of the molecule is C#CCCCOC(=O)c1c(F)cc(F)cc1F. The molecule has 0 radical (unpaired) electrons. The minimum atomic E-state index is -1.29. The molecule has 0 heterocycles. The first-order valence-corrected chi connectivity index (χ1v) is 4.81. The monoisotopic (exact) mass is 242 g/mol. The van der Waals surface area contributed by atoms with E-state index in [1.54, 1.807) is 0 Å². The highest BCUT2D eigenvalue weighted by Gasteiger charge is 2.20. The van der Waals surface area contributed by atoms with Crippen molar-refractivity contribution in [3.63, 3.8) is 0 Å². The highest BCUT2D eigenvalue weighted by atomic mass is 19.1. The molecule has 0 aliphatic heterocycles. The second kappa shape index (κ2) is 5.94. The maximum atomic E-state index is 13.1. The molecule has 0 aliphatic rings. The molecule has 0 fully saturated rings. The average molecular weight is 242 g/mol. The summed E-state index contributed by atoms with van der Waals surface area (Å²) in [7, 11) is 0. The lowest BCUT2D eigenvalue weighted by Crippen LogP contribution is -2.11. The number of ether oxygens (including phenoxy) is 1. The number of terminal acetylenes is 1. The zero-order chi connectivity index (χ0) is 12.8. The molecule has 0 aromatic heterocycles. The molecule has 0 saturated carbocycles. The van der Waals surface area contributed by atoms with Gasteiger partial charge in [0.1, 0.15) is 23.0 Å². The first-order valence-electron chi connectivity index (χ1n) is 4.81. The minimum absolute atomic E-state index is 0.0424. The zero-order valence-corrected chi connectivity index (χ0v) is 8.80. The van der Waals surface area contributed by atoms with Gasteiger partial charge in [-0.25, -0.2) is 18.0 Å². The van der Waals surface area contributed by atoms with E-state index in [0.717, 1.165) is 0 Å². The Hall–Kier alpha value is -1.96. The molecule has 0 aliphatic carbocycles. The summed E-state index contributed by atoms with van der Waals surface area (Å²) >= 11 is 0. The van der Waals surface area contributed by atoms with Gasteiger partial charge in [-0.2, -0.15) is 0 Å². The quantitative estimate of drug-likeness (QED) is 0.461. The van der Waals surface area contributed by atoms with E-state index in [4.69, 9.17) is 6.42 Å². The van der Waals surface area contributed by atoms with Crippen molar-refractivity contribution in [3.8, 4) is 12.3 Å². The van der Waals surface area contributed by atoms with Gasteiger partial charge in [0.05, 0.1) is 6.61 Å². The van der Waals surface area contributed by atoms with Gasteiger partial charge in [-0.1, -0.05) is 0 Å². The number of rotatable bonds is 4. The minimum Gasteiger partial charge on any atom is -0.462 e. The Morgan fingerprint density at radius 1 is 1.29 bits per heavy atom. The fourth-order valence-electron chi connectivity index (χ4n) is 1.15. The van der Waals surface area contributed by atoms with Crippen molar-refractivity contribution >= 4 is 5.97 Å². The van der Waals surface area contributed by atoms with E-state index in [9.17, 15) is 18.0 Å². The van der Waals surface area contributed by atoms with E-state index in [1.807, 2.05) is 0 Å². The summed E-state index contributed by atoms with van der Waals surface area (Å²) in [5.74, 6) is -2.52. The van der Waals surface area contributed by atoms with E-state index in [-0.39, 0.29) is 6.61 Å². The fraction of sp³-hybridized carbons (Fsp3) is 0.250. The van der Waals surface area contributed by atoms with Crippen molar-refractivity contribution in [1.82, 2.24) is 0 Å². The van der Waals surface area contributed by atoms with E-state index in [2.05, 4.69) is 10.7 Å². The molecule has 0 bridgehead atoms. The third kappa shape index (κ3) is 3.52. The van der Waals surface area contributed by atoms with Crippen LogP contribution in [0.1, 0.15) is 23.2 Å². The summed E-state index contributed by atoms with van der Waals surface area (Å²) in [6, 6.07) is 0.836. The van der Waals surface area contributed by atoms with Crippen molar-refractivity contribution in [1.29, 1.82) is 0 Å². The Morgan fingerprint density at radius 3 is 2.41 bits per heavy atom. The average Bonchev–Trinajstić information content (AvgIpc) is 2.23. The molecule has 0 unspecified atom stereocenters. The Balaban J connectivity index is 2.73. The number of unbranched alkanes of at least 4 members (excludes halogenated alkanes) is 1. The predicted molar refractivity (Wildman–Crippen MR) is 54.7 cm³/mol. The first-order chi connectivity index (χ1) is 8.06. The molecule has 2 nitrogen and oxygen atoms in total. The maximum absolute atomic E-state index is 13.1. The van der Waals surface area contributed by atoms with Crippen LogP contribution in [0.2, 0.25) is 0 Å². The van der Waals surface area contributed by atoms with Gasteiger partial charge in [0.25, 0.3) is 0 Å². The van der Waals surface area contributed by atoms with Gasteiger partial charge in [-0.05, 0) is 6.42 Å². The van der Waals surface area contributed by atoms with E-state index in [1.165, 1.54) is 0 Å². The van der Waals surface area contributed by atoms with Crippen LogP contribution < -0.4 is 0 Å². The summed E-state index contributed by atoms with van der Waals surface area (Å²) < 4.78 is 43.4. The lowest BCUT2D eigenvalue weighted by Gasteiger charge is -2.05. The molecule has 1 rings (SSSR count). The van der Waals surface area contributed by atoms with Crippen LogP contribution >= 0.6 is 0 Å². The normalized spacial score (nSPS) is 9.76. The van der Waals surface area contributed by atoms with Crippen LogP contribution in [0.15, 0.2) is 12.1 Å². The highest BCUT2D eigenvalue weighted by molar-refractivity contribution is 5.90. The Morgan fingerprint density at radius 2 is 1.88 bits per heavy atom. The van der Waals surface area contributed by atoms with Crippen LogP contribution in [-0.2, 0) is 4.74 Å². The molecule has 0 spiro atoms. The molecule has 0 saturated heterocycles. The van der Waals surface area contributed by atoms with Crippen molar-refractivity contribution < 1.29 is 22.7 Å². The number of benzene rings is 1. The first kappa shape index (κ1) is 13.1. The van der Waals surface area contributed by atoms with Crippen molar-refractivity contribution in [2.24, 2.45) is 0 Å². The van der Waals surface area contributed by atoms with Crippen LogP contribution in [0, 0.1) is 29.8 Å². The Bertz CT molecular complexity index is 440. The van der Waals surface area contributed by atoms with Gasteiger partial charge in [0.2, 0.25) is 0 Å². The fourth-order valence-corrected chi connectivity index (χ4v) is 1.15. The summed E-state index contributed by atoms with van der Waals surface area (Å²) in [4.78, 5) is 11.3. The topological polar surface area (TPSA) is 26.3 Å². The summed E-state index contributed by atoms with van der Waals surface area (Å²) in [5, 5.41) is 0. The number of esters is 1. The van der Waals surface area contributed by atoms with Crippen LogP contribution in [0.25, 0.3) is 0 Å². The summed E-state index contributed by atoms with van der Waals surface area (Å²) in [6.45, 7) is -0.0424. The third-order valence-electron chi connectivity index (χ3n) is 1.91. The highest BCUT2D eigenvalue weighted by Crippen LogP contribution is 2.15. The number of hydrogen-bond acceptors (Lipinski definition) is 2. The second-order valence-electron chi connectivity index (χ2n) is 3.19. The zero-order valence-electron chi connectivity index (χ0n) is 8.80. The molecule has 5 heteroatoms. The van der Waals surface area contributed by atoms with Crippen LogP contribution in [0.4, 0.5) is 13.2 Å². The predicted octanol–water partition coefficient (Wildman–Crippen LogP) is 2.67. The van der Waals surface area contributed by atoms with Gasteiger partial charge in [-0.15, -0.1) is 12.3 Å². The van der Waals surface area contributed by atoms with Crippen molar-refractivity contribution in [2.75, 3.05) is 6.61 Å².